The van der Waals surface area contributed by atoms with Crippen LogP contribution < -0.4 is 4.74 Å². The molecule has 0 heterocycles. The van der Waals surface area contributed by atoms with E-state index in [1.54, 1.807) is 43.5 Å². The third-order valence-corrected chi connectivity index (χ3v) is 8.04. The summed E-state index contributed by atoms with van der Waals surface area (Å²) in [6.45, 7) is 1.95. The van der Waals surface area contributed by atoms with Crippen molar-refractivity contribution in [1.82, 2.24) is 0 Å². The average molecular weight is 463 g/mol. The van der Waals surface area contributed by atoms with Crippen molar-refractivity contribution in [2.45, 2.75) is 57.2 Å². The Morgan fingerprint density at radius 3 is 2.32 bits per heavy atom. The summed E-state index contributed by atoms with van der Waals surface area (Å²) in [5, 5.41) is 9.47. The first-order valence-electron chi connectivity index (χ1n) is 12.4. The topological polar surface area (TPSA) is 65.0 Å². The van der Waals surface area contributed by atoms with Gasteiger partial charge in [0.15, 0.2) is 18.9 Å². The molecule has 1 atom stereocenters. The molecule has 2 aromatic carbocycles. The minimum atomic E-state index is -0.339. The molecule has 0 aliphatic heterocycles. The van der Waals surface area contributed by atoms with Crippen molar-refractivity contribution in [2.75, 3.05) is 13.9 Å². The first-order valence-corrected chi connectivity index (χ1v) is 12.4. The maximum atomic E-state index is 13.1. The zero-order valence-electron chi connectivity index (χ0n) is 20.0. The third-order valence-electron chi connectivity index (χ3n) is 8.04. The molecule has 180 valence electrons. The Bertz CT molecular complexity index is 1020. The lowest BCUT2D eigenvalue weighted by atomic mass is 9.48. The van der Waals surface area contributed by atoms with Gasteiger partial charge in [-0.15, -0.1) is 0 Å². The molecule has 0 spiro atoms. The predicted molar refractivity (Wildman–Crippen MR) is 131 cm³/mol. The van der Waals surface area contributed by atoms with E-state index < -0.39 is 0 Å². The summed E-state index contributed by atoms with van der Waals surface area (Å²) < 4.78 is 16.9. The smallest absolute Gasteiger partial charge is 0.191 e. The van der Waals surface area contributed by atoms with Gasteiger partial charge in [0.05, 0.1) is 0 Å². The summed E-state index contributed by atoms with van der Waals surface area (Å²) in [5.41, 5.74) is 2.81. The first-order chi connectivity index (χ1) is 16.4. The lowest BCUT2D eigenvalue weighted by Gasteiger charge is -2.57. The number of ketones is 1. The Morgan fingerprint density at radius 1 is 1.06 bits per heavy atom. The van der Waals surface area contributed by atoms with Crippen molar-refractivity contribution in [3.05, 3.63) is 65.2 Å². The van der Waals surface area contributed by atoms with E-state index in [1.807, 2.05) is 19.1 Å². The van der Waals surface area contributed by atoms with Crippen molar-refractivity contribution in [3.63, 3.8) is 0 Å². The van der Waals surface area contributed by atoms with Gasteiger partial charge in [0.25, 0.3) is 0 Å². The number of phenolic OH excluding ortho intramolecular Hbond substituents is 1. The molecule has 6 rings (SSSR count). The van der Waals surface area contributed by atoms with E-state index in [9.17, 15) is 9.90 Å². The molecule has 4 aliphatic carbocycles. The van der Waals surface area contributed by atoms with Gasteiger partial charge in [-0.1, -0.05) is 18.2 Å². The Hall–Kier alpha value is -2.63. The number of allylic oxidation sites excluding steroid dienone is 1. The molecule has 4 fully saturated rings. The normalized spacial score (nSPS) is 28.4. The number of aromatic hydroxyl groups is 1. The number of methoxy groups -OCH3 is 1. The van der Waals surface area contributed by atoms with E-state index in [0.717, 1.165) is 29.1 Å². The van der Waals surface area contributed by atoms with Crippen LogP contribution in [0, 0.1) is 17.8 Å². The number of phenols is 1. The van der Waals surface area contributed by atoms with Crippen LogP contribution >= 0.6 is 0 Å². The highest BCUT2D eigenvalue weighted by molar-refractivity contribution is 6.07. The Balaban J connectivity index is 1.43. The number of rotatable bonds is 9. The third kappa shape index (κ3) is 4.77. The molecular weight excluding hydrogens is 428 g/mol. The molecular formula is C29H34O5. The van der Waals surface area contributed by atoms with Crippen LogP contribution in [0.3, 0.4) is 0 Å². The quantitative estimate of drug-likeness (QED) is 0.277. The maximum Gasteiger partial charge on any atom is 0.191 e. The second-order valence-electron chi connectivity index (χ2n) is 10.4. The molecule has 0 amide bonds. The molecule has 0 aromatic heterocycles. The minimum Gasteiger partial charge on any atom is -0.508 e. The maximum absolute atomic E-state index is 13.1. The lowest BCUT2D eigenvalue weighted by molar-refractivity contribution is -0.150. The number of hydrogen-bond donors (Lipinski definition) is 1. The molecule has 2 aromatic rings. The Kier molecular flexibility index (Phi) is 6.50. The Morgan fingerprint density at radius 2 is 1.71 bits per heavy atom. The van der Waals surface area contributed by atoms with E-state index in [1.165, 1.54) is 44.1 Å². The fourth-order valence-electron chi connectivity index (χ4n) is 6.78. The van der Waals surface area contributed by atoms with Crippen molar-refractivity contribution >= 4 is 11.9 Å². The van der Waals surface area contributed by atoms with Crippen molar-refractivity contribution in [2.24, 2.45) is 17.8 Å². The summed E-state index contributed by atoms with van der Waals surface area (Å²) in [5.74, 6) is 3.37. The average Bonchev–Trinajstić information content (AvgIpc) is 2.82. The van der Waals surface area contributed by atoms with Crippen molar-refractivity contribution in [3.8, 4) is 11.5 Å². The molecule has 5 nitrogen and oxygen atoms in total. The molecule has 5 heteroatoms. The largest absolute Gasteiger partial charge is 0.508 e. The van der Waals surface area contributed by atoms with Crippen LogP contribution in [-0.4, -0.2) is 31.1 Å². The Labute approximate surface area is 201 Å². The van der Waals surface area contributed by atoms with Crippen molar-refractivity contribution in [1.29, 1.82) is 0 Å². The number of benzene rings is 2. The van der Waals surface area contributed by atoms with Crippen LogP contribution in [-0.2, 0) is 14.9 Å². The highest BCUT2D eigenvalue weighted by atomic mass is 16.7. The van der Waals surface area contributed by atoms with Gasteiger partial charge in [-0.3, -0.25) is 4.79 Å². The molecule has 0 saturated heterocycles. The molecule has 1 unspecified atom stereocenters. The van der Waals surface area contributed by atoms with Crippen LogP contribution in [0.15, 0.2) is 48.5 Å². The summed E-state index contributed by atoms with van der Waals surface area (Å²) in [6, 6.07) is 12.7. The fourth-order valence-corrected chi connectivity index (χ4v) is 6.78. The van der Waals surface area contributed by atoms with Gasteiger partial charge < -0.3 is 19.3 Å². The highest BCUT2D eigenvalue weighted by Gasteiger charge is 2.52. The van der Waals surface area contributed by atoms with E-state index in [4.69, 9.17) is 14.2 Å². The molecule has 4 aliphatic rings. The van der Waals surface area contributed by atoms with Gasteiger partial charge in [-0.05, 0) is 111 Å². The summed E-state index contributed by atoms with van der Waals surface area (Å²) in [7, 11) is 1.61. The highest BCUT2D eigenvalue weighted by Crippen LogP contribution is 2.62. The first kappa shape index (κ1) is 23.1. The van der Waals surface area contributed by atoms with E-state index in [-0.39, 0.29) is 30.0 Å². The van der Waals surface area contributed by atoms with Crippen LogP contribution in [0.2, 0.25) is 0 Å². The second-order valence-corrected chi connectivity index (χ2v) is 10.4. The minimum absolute atomic E-state index is 0.0325. The molecule has 1 N–H and O–H groups in total. The number of carbonyl (C=O) groups is 1. The zero-order chi connectivity index (χ0) is 23.7. The van der Waals surface area contributed by atoms with Crippen LogP contribution in [0.25, 0.3) is 6.08 Å². The monoisotopic (exact) mass is 462 g/mol. The van der Waals surface area contributed by atoms with Crippen LogP contribution in [0.5, 0.6) is 11.5 Å². The summed E-state index contributed by atoms with van der Waals surface area (Å²) >= 11 is 0. The predicted octanol–water partition coefficient (Wildman–Crippen LogP) is 6.10. The SMILES string of the molecule is COC(C)OCOc1ccc(C(=O)C=Cc2ccc(O)cc2)cc1C12CC3CC(CC(C3)C1)C2. The van der Waals surface area contributed by atoms with Gasteiger partial charge in [0, 0.05) is 18.2 Å². The summed E-state index contributed by atoms with van der Waals surface area (Å²) in [6.07, 6.45) is 10.7. The van der Waals surface area contributed by atoms with Gasteiger partial charge in [-0.2, -0.15) is 0 Å². The molecule has 4 saturated carbocycles. The second kappa shape index (κ2) is 9.55. The van der Waals surface area contributed by atoms with E-state index in [2.05, 4.69) is 6.07 Å². The van der Waals surface area contributed by atoms with Crippen LogP contribution in [0.1, 0.15) is 66.9 Å². The van der Waals surface area contributed by atoms with Gasteiger partial charge >= 0.3 is 0 Å². The standard InChI is InChI=1S/C29H34O5/c1-19(32-2)33-18-34-28-10-6-24(27(31)9-5-20-3-7-25(30)8-4-20)14-26(28)29-15-21-11-22(16-29)13-23(12-21)17-29/h3-10,14,19,21-23,30H,11-13,15-18H2,1-2H3. The summed E-state index contributed by atoms with van der Waals surface area (Å²) in [4.78, 5) is 13.1. The van der Waals surface area contributed by atoms with Crippen molar-refractivity contribution < 1.29 is 24.1 Å². The molecule has 34 heavy (non-hydrogen) atoms. The number of carbonyl (C=O) groups excluding carboxylic acids is 1. The molecule has 4 bridgehead atoms. The fraction of sp³-hybridized carbons (Fsp3) is 0.483. The van der Waals surface area contributed by atoms with Gasteiger partial charge in [0.1, 0.15) is 11.5 Å². The molecule has 0 radical (unpaired) electrons. The zero-order valence-corrected chi connectivity index (χ0v) is 20.0. The van der Waals surface area contributed by atoms with Crippen LogP contribution in [0.4, 0.5) is 0 Å². The van der Waals surface area contributed by atoms with Gasteiger partial charge in [-0.25, -0.2) is 0 Å². The number of hydrogen-bond acceptors (Lipinski definition) is 5. The lowest BCUT2D eigenvalue weighted by Crippen LogP contribution is -2.48. The van der Waals surface area contributed by atoms with E-state index in [0.29, 0.717) is 5.56 Å². The van der Waals surface area contributed by atoms with Gasteiger partial charge in [0.2, 0.25) is 0 Å². The van der Waals surface area contributed by atoms with E-state index >= 15 is 0 Å². The number of ether oxygens (including phenoxy) is 3.